The molecule has 6 heteroatoms. The fourth-order valence-corrected chi connectivity index (χ4v) is 0.923. The van der Waals surface area contributed by atoms with Gasteiger partial charge in [-0.2, -0.15) is 4.73 Å². The highest BCUT2D eigenvalue weighted by atomic mass is 16.6. The first kappa shape index (κ1) is 7.08. The molecule has 0 bridgehead atoms. The average Bonchev–Trinajstić information content (AvgIpc) is 2.12. The van der Waals surface area contributed by atoms with E-state index in [1.807, 2.05) is 0 Å². The molecule has 0 aromatic carbocycles. The largest absolute Gasteiger partial charge is 0.708 e. The minimum absolute atomic E-state index is 0.105. The van der Waals surface area contributed by atoms with Gasteiger partial charge in [-0.1, -0.05) is 0 Å². The van der Waals surface area contributed by atoms with Gasteiger partial charge in [-0.25, -0.2) is 0 Å². The molecule has 0 amide bonds. The Morgan fingerprint density at radius 3 is 2.92 bits per heavy atom. The zero-order valence-electron chi connectivity index (χ0n) is 6.48. The number of nitrogens with zero attached hydrogens (tertiary/aromatic N) is 3. The van der Waals surface area contributed by atoms with Gasteiger partial charge in [0.05, 0.1) is 5.10 Å². The lowest BCUT2D eigenvalue weighted by molar-refractivity contribution is -0.625. The summed E-state index contributed by atoms with van der Waals surface area (Å²) < 4.78 is 10.7. The van der Waals surface area contributed by atoms with Crippen molar-refractivity contribution in [3.05, 3.63) is 11.0 Å². The summed E-state index contributed by atoms with van der Waals surface area (Å²) in [6, 6.07) is 0. The molecule has 0 unspecified atom stereocenters. The van der Waals surface area contributed by atoms with Crippen LogP contribution in [0.3, 0.4) is 0 Å². The fourth-order valence-electron chi connectivity index (χ4n) is 0.923. The molecule has 2 heterocycles. The number of fused-ring (bicyclic) bond motifs is 1. The van der Waals surface area contributed by atoms with E-state index in [-0.39, 0.29) is 17.6 Å². The fraction of sp³-hybridized carbons (Fsp3) is 0.500. The first-order valence-electron chi connectivity index (χ1n) is 3.51. The molecule has 0 saturated heterocycles. The Balaban J connectivity index is 2.54. The van der Waals surface area contributed by atoms with Crippen LogP contribution in [0.5, 0.6) is 11.8 Å². The summed E-state index contributed by atoms with van der Waals surface area (Å²) in [5.74, 6) is 0.523. The monoisotopic (exact) mass is 169 g/mol. The van der Waals surface area contributed by atoms with Crippen molar-refractivity contribution in [2.45, 2.75) is 6.92 Å². The Kier molecular flexibility index (Phi) is 1.46. The average molecular weight is 169 g/mol. The van der Waals surface area contributed by atoms with Gasteiger partial charge in [0.25, 0.3) is 0 Å². The van der Waals surface area contributed by atoms with Crippen LogP contribution >= 0.6 is 0 Å². The summed E-state index contributed by atoms with van der Waals surface area (Å²) in [7, 11) is 0. The van der Waals surface area contributed by atoms with Gasteiger partial charge in [0, 0.05) is 12.0 Å². The quantitative estimate of drug-likeness (QED) is 0.375. The molecule has 1 aromatic heterocycles. The van der Waals surface area contributed by atoms with Crippen LogP contribution in [0.1, 0.15) is 5.82 Å². The van der Waals surface area contributed by atoms with Crippen molar-refractivity contribution in [2.24, 2.45) is 0 Å². The molecule has 1 aromatic rings. The third kappa shape index (κ3) is 0.919. The topological polar surface area (TPSA) is 71.2 Å². The minimum atomic E-state index is 0.105. The maximum atomic E-state index is 11.2. The number of hydrogen-bond acceptors (Lipinski definition) is 5. The summed E-state index contributed by atoms with van der Waals surface area (Å²) >= 11 is 0. The zero-order chi connectivity index (χ0) is 8.55. The molecule has 6 nitrogen and oxygen atoms in total. The molecule has 0 aliphatic carbocycles. The lowest BCUT2D eigenvalue weighted by atomic mass is 10.6. The van der Waals surface area contributed by atoms with E-state index < -0.39 is 0 Å². The summed E-state index contributed by atoms with van der Waals surface area (Å²) in [5, 5.41) is 18.5. The standard InChI is InChI=1S/C6H7N3O3/c1-4-7-8-5-6(9(4)10)12-3-2-11-5/h2-3H2,1H3. The maximum absolute atomic E-state index is 11.2. The van der Waals surface area contributed by atoms with Gasteiger partial charge in [-0.3, -0.25) is 0 Å². The van der Waals surface area contributed by atoms with Gasteiger partial charge in [-0.15, -0.1) is 0 Å². The van der Waals surface area contributed by atoms with Crippen LogP contribution < -0.4 is 14.2 Å². The number of aryl methyl sites for hydroxylation is 1. The zero-order valence-corrected chi connectivity index (χ0v) is 6.48. The molecular formula is C6H7N3O3. The molecular weight excluding hydrogens is 162 g/mol. The predicted molar refractivity (Wildman–Crippen MR) is 36.7 cm³/mol. The van der Waals surface area contributed by atoms with Crippen molar-refractivity contribution in [2.75, 3.05) is 13.2 Å². The summed E-state index contributed by atoms with van der Waals surface area (Å²) in [6.45, 7) is 2.34. The van der Waals surface area contributed by atoms with Crippen LogP contribution in [0, 0.1) is 12.1 Å². The Morgan fingerprint density at radius 1 is 1.33 bits per heavy atom. The molecule has 0 spiro atoms. The number of hydrogen-bond donors (Lipinski definition) is 0. The normalized spacial score (nSPS) is 14.4. The first-order valence-corrected chi connectivity index (χ1v) is 3.51. The van der Waals surface area contributed by atoms with Crippen molar-refractivity contribution < 1.29 is 14.2 Å². The summed E-state index contributed by atoms with van der Waals surface area (Å²) in [5.41, 5.74) is 0. The number of aromatic nitrogens is 3. The van der Waals surface area contributed by atoms with E-state index in [2.05, 4.69) is 10.2 Å². The highest BCUT2D eigenvalue weighted by molar-refractivity contribution is 5.19. The van der Waals surface area contributed by atoms with Gasteiger partial charge in [0.2, 0.25) is 0 Å². The van der Waals surface area contributed by atoms with Crippen LogP contribution in [0.25, 0.3) is 0 Å². The highest BCUT2D eigenvalue weighted by Gasteiger charge is 2.22. The van der Waals surface area contributed by atoms with Crippen LogP contribution in [0.2, 0.25) is 0 Å². The van der Waals surface area contributed by atoms with Crippen molar-refractivity contribution in [3.63, 3.8) is 0 Å². The van der Waals surface area contributed by atoms with E-state index in [1.165, 1.54) is 0 Å². The van der Waals surface area contributed by atoms with E-state index in [0.29, 0.717) is 17.9 Å². The van der Waals surface area contributed by atoms with Crippen molar-refractivity contribution in [1.29, 1.82) is 0 Å². The lowest BCUT2D eigenvalue weighted by Gasteiger charge is -2.17. The third-order valence-electron chi connectivity index (χ3n) is 1.51. The summed E-state index contributed by atoms with van der Waals surface area (Å²) in [6.07, 6.45) is 0. The molecule has 12 heavy (non-hydrogen) atoms. The number of rotatable bonds is 0. The van der Waals surface area contributed by atoms with E-state index in [9.17, 15) is 5.21 Å². The first-order chi connectivity index (χ1) is 5.79. The summed E-state index contributed by atoms with van der Waals surface area (Å²) in [4.78, 5) is 0. The van der Waals surface area contributed by atoms with E-state index in [4.69, 9.17) is 9.47 Å². The third-order valence-corrected chi connectivity index (χ3v) is 1.51. The van der Waals surface area contributed by atoms with E-state index in [1.54, 1.807) is 6.92 Å². The van der Waals surface area contributed by atoms with Crippen LogP contribution in [0.4, 0.5) is 0 Å². The van der Waals surface area contributed by atoms with Gasteiger partial charge in [0.1, 0.15) is 13.2 Å². The molecule has 0 N–H and O–H groups in total. The molecule has 0 atom stereocenters. The molecule has 2 rings (SSSR count). The second-order valence-electron chi connectivity index (χ2n) is 2.35. The van der Waals surface area contributed by atoms with Crippen LogP contribution in [-0.4, -0.2) is 23.4 Å². The Morgan fingerprint density at radius 2 is 2.08 bits per heavy atom. The smallest absolute Gasteiger partial charge is 0.356 e. The van der Waals surface area contributed by atoms with Crippen LogP contribution in [0.15, 0.2) is 0 Å². The van der Waals surface area contributed by atoms with E-state index in [0.717, 1.165) is 0 Å². The van der Waals surface area contributed by atoms with Gasteiger partial charge >= 0.3 is 17.6 Å². The van der Waals surface area contributed by atoms with Crippen molar-refractivity contribution in [3.8, 4) is 11.8 Å². The van der Waals surface area contributed by atoms with E-state index >= 15 is 0 Å². The maximum Gasteiger partial charge on any atom is 0.356 e. The predicted octanol–water partition coefficient (Wildman–Crippen LogP) is -0.810. The molecule has 1 aliphatic heterocycles. The second kappa shape index (κ2) is 2.47. The van der Waals surface area contributed by atoms with Gasteiger partial charge in [-0.05, 0) is 0 Å². The van der Waals surface area contributed by atoms with Gasteiger partial charge in [0.15, 0.2) is 0 Å². The molecule has 0 saturated carbocycles. The minimum Gasteiger partial charge on any atom is -0.708 e. The Labute approximate surface area is 68.3 Å². The highest BCUT2D eigenvalue weighted by Crippen LogP contribution is 2.21. The van der Waals surface area contributed by atoms with Gasteiger partial charge < -0.3 is 14.7 Å². The Hall–Kier alpha value is -1.59. The molecule has 0 radical (unpaired) electrons. The number of ether oxygens (including phenoxy) is 2. The van der Waals surface area contributed by atoms with Crippen LogP contribution in [-0.2, 0) is 0 Å². The Bertz CT molecular complexity index is 315. The molecule has 64 valence electrons. The molecule has 1 aliphatic rings. The van der Waals surface area contributed by atoms with Crippen molar-refractivity contribution >= 4 is 0 Å². The second-order valence-corrected chi connectivity index (χ2v) is 2.35. The molecule has 0 fully saturated rings. The van der Waals surface area contributed by atoms with Crippen molar-refractivity contribution in [1.82, 2.24) is 10.2 Å². The SMILES string of the molecule is Cc1nnc2c([n+]1[O-])OCCO2. The lowest BCUT2D eigenvalue weighted by Crippen LogP contribution is -2.37.